The van der Waals surface area contributed by atoms with Crippen LogP contribution in [0.4, 0.5) is 0 Å². The van der Waals surface area contributed by atoms with E-state index in [-0.39, 0.29) is 6.61 Å². The minimum absolute atomic E-state index is 0.176. The zero-order chi connectivity index (χ0) is 20.7. The molecule has 0 unspecified atom stereocenters. The molecule has 6 atom stereocenters. The molecule has 1 heterocycles. The van der Waals surface area contributed by atoms with Gasteiger partial charge in [0.1, 0.15) is 24.4 Å². The number of aliphatic hydroxyl groups is 2. The lowest BCUT2D eigenvalue weighted by Crippen LogP contribution is -2.66. The number of nitrogens with one attached hydrogen (secondary N) is 1. The van der Waals surface area contributed by atoms with Crippen LogP contribution in [0.15, 0.2) is 30.3 Å². The minimum Gasteiger partial charge on any atom is -0.467 e. The van der Waals surface area contributed by atoms with Crippen LogP contribution < -0.4 is 5.32 Å². The van der Waals surface area contributed by atoms with Gasteiger partial charge in [0.2, 0.25) is 5.91 Å². The first-order valence-corrected chi connectivity index (χ1v) is 8.97. The van der Waals surface area contributed by atoms with Crippen molar-refractivity contribution in [3.8, 4) is 0 Å². The fourth-order valence-corrected chi connectivity index (χ4v) is 2.97. The molecule has 0 aliphatic carbocycles. The highest BCUT2D eigenvalue weighted by Gasteiger charge is 2.48. The Balaban J connectivity index is 2.22. The topological polar surface area (TPSA) is 124 Å². The van der Waals surface area contributed by atoms with Crippen LogP contribution >= 0.6 is 0 Å². The van der Waals surface area contributed by atoms with E-state index in [0.29, 0.717) is 0 Å². The Kier molecular flexibility index (Phi) is 8.34. The number of aliphatic hydroxyl groups excluding tert-OH is 2. The summed E-state index contributed by atoms with van der Waals surface area (Å²) in [7, 11) is 1.22. The van der Waals surface area contributed by atoms with Gasteiger partial charge in [0.25, 0.3) is 0 Å². The van der Waals surface area contributed by atoms with E-state index >= 15 is 0 Å². The second-order valence-electron chi connectivity index (χ2n) is 6.51. The molecule has 1 aromatic carbocycles. The number of carbonyl (C=O) groups is 2. The van der Waals surface area contributed by atoms with E-state index in [1.807, 2.05) is 30.3 Å². The normalized spacial score (nSPS) is 28.4. The van der Waals surface area contributed by atoms with Gasteiger partial charge in [-0.15, -0.1) is 0 Å². The number of methoxy groups -OCH3 is 1. The quantitative estimate of drug-likeness (QED) is 0.513. The number of benzene rings is 1. The van der Waals surface area contributed by atoms with Gasteiger partial charge in [0, 0.05) is 6.92 Å². The molecule has 1 amide bonds. The number of esters is 1. The van der Waals surface area contributed by atoms with Gasteiger partial charge in [0.15, 0.2) is 12.4 Å². The van der Waals surface area contributed by atoms with Crippen molar-refractivity contribution in [1.29, 1.82) is 0 Å². The molecular formula is C19H27NO8. The van der Waals surface area contributed by atoms with Crippen LogP contribution in [0.5, 0.6) is 0 Å². The third kappa shape index (κ3) is 5.73. The Bertz CT molecular complexity index is 640. The van der Waals surface area contributed by atoms with Crippen LogP contribution in [0.2, 0.25) is 0 Å². The van der Waals surface area contributed by atoms with Crippen LogP contribution in [0, 0.1) is 0 Å². The Hall–Kier alpha value is -2.04. The molecule has 1 aromatic rings. The van der Waals surface area contributed by atoms with Crippen molar-refractivity contribution in [2.24, 2.45) is 0 Å². The van der Waals surface area contributed by atoms with Crippen molar-refractivity contribution in [1.82, 2.24) is 5.32 Å². The molecule has 0 spiro atoms. The van der Waals surface area contributed by atoms with Crippen molar-refractivity contribution < 1.29 is 38.7 Å². The summed E-state index contributed by atoms with van der Waals surface area (Å²) in [5, 5.41) is 22.8. The SMILES string of the molecule is COC(=O)[C@@H](C)O[C@H]1[C@H](O)[C@@H](CO)O[C@H](OCc2ccccc2)[C@@H]1NC(C)=O. The molecule has 0 radical (unpaired) electrons. The van der Waals surface area contributed by atoms with Crippen molar-refractivity contribution in [3.05, 3.63) is 35.9 Å². The fourth-order valence-electron chi connectivity index (χ4n) is 2.97. The summed E-state index contributed by atoms with van der Waals surface area (Å²) in [6.07, 6.45) is -5.40. The van der Waals surface area contributed by atoms with Crippen LogP contribution in [0.3, 0.4) is 0 Å². The number of amides is 1. The molecule has 1 saturated heterocycles. The van der Waals surface area contributed by atoms with Crippen molar-refractivity contribution in [2.45, 2.75) is 57.2 Å². The smallest absolute Gasteiger partial charge is 0.334 e. The summed E-state index contributed by atoms with van der Waals surface area (Å²) in [6, 6.07) is 8.40. The first kappa shape index (κ1) is 22.3. The largest absolute Gasteiger partial charge is 0.467 e. The predicted octanol–water partition coefficient (Wildman–Crippen LogP) is -0.267. The summed E-state index contributed by atoms with van der Waals surface area (Å²) < 4.78 is 21.8. The van der Waals surface area contributed by atoms with Crippen LogP contribution in [0.25, 0.3) is 0 Å². The van der Waals surface area contributed by atoms with Gasteiger partial charge in [-0.2, -0.15) is 0 Å². The van der Waals surface area contributed by atoms with E-state index in [1.165, 1.54) is 21.0 Å². The highest BCUT2D eigenvalue weighted by Crippen LogP contribution is 2.26. The van der Waals surface area contributed by atoms with Gasteiger partial charge in [-0.05, 0) is 12.5 Å². The van der Waals surface area contributed by atoms with Gasteiger partial charge in [0.05, 0.1) is 20.3 Å². The third-order valence-corrected chi connectivity index (χ3v) is 4.37. The number of ether oxygens (including phenoxy) is 4. The maximum Gasteiger partial charge on any atom is 0.334 e. The minimum atomic E-state index is -1.30. The molecule has 1 aliphatic rings. The summed E-state index contributed by atoms with van der Waals surface area (Å²) in [6.45, 7) is 2.45. The van der Waals surface area contributed by atoms with Gasteiger partial charge in [-0.25, -0.2) is 4.79 Å². The molecule has 28 heavy (non-hydrogen) atoms. The first-order chi connectivity index (χ1) is 13.4. The lowest BCUT2D eigenvalue weighted by molar-refractivity contribution is -0.284. The predicted molar refractivity (Wildman–Crippen MR) is 96.9 cm³/mol. The van der Waals surface area contributed by atoms with E-state index in [0.717, 1.165) is 5.56 Å². The highest BCUT2D eigenvalue weighted by atomic mass is 16.7. The lowest BCUT2D eigenvalue weighted by atomic mass is 9.96. The zero-order valence-corrected chi connectivity index (χ0v) is 16.1. The molecule has 1 fully saturated rings. The molecule has 9 heteroatoms. The van der Waals surface area contributed by atoms with Crippen molar-refractivity contribution in [2.75, 3.05) is 13.7 Å². The molecule has 0 aromatic heterocycles. The standard InChI is InChI=1S/C19H27NO8/c1-11(18(24)25-3)27-17-15(20-12(2)22)19(28-14(9-21)16(17)23)26-10-13-7-5-4-6-8-13/h4-8,11,14-17,19,21,23H,9-10H2,1-3H3,(H,20,22)/t11-,14-,15-,16-,17-,19+/m1/s1. The Morgan fingerprint density at radius 3 is 2.54 bits per heavy atom. The first-order valence-electron chi connectivity index (χ1n) is 8.97. The third-order valence-electron chi connectivity index (χ3n) is 4.37. The second-order valence-corrected chi connectivity index (χ2v) is 6.51. The van der Waals surface area contributed by atoms with E-state index in [1.54, 1.807) is 0 Å². The monoisotopic (exact) mass is 397 g/mol. The van der Waals surface area contributed by atoms with Gasteiger partial charge in [-0.1, -0.05) is 30.3 Å². The average Bonchev–Trinajstić information content (AvgIpc) is 2.69. The van der Waals surface area contributed by atoms with E-state index in [2.05, 4.69) is 10.1 Å². The molecule has 3 N–H and O–H groups in total. The van der Waals surface area contributed by atoms with Gasteiger partial charge >= 0.3 is 5.97 Å². The van der Waals surface area contributed by atoms with E-state index < -0.39 is 55.2 Å². The Labute approximate surface area is 163 Å². The van der Waals surface area contributed by atoms with Crippen LogP contribution in [-0.2, 0) is 35.1 Å². The molecular weight excluding hydrogens is 370 g/mol. The molecule has 2 rings (SSSR count). The number of hydrogen-bond donors (Lipinski definition) is 3. The molecule has 156 valence electrons. The Morgan fingerprint density at radius 2 is 1.96 bits per heavy atom. The molecule has 0 bridgehead atoms. The number of rotatable bonds is 8. The fraction of sp³-hybridized carbons (Fsp3) is 0.579. The van der Waals surface area contributed by atoms with Crippen LogP contribution in [0.1, 0.15) is 19.4 Å². The number of hydrogen-bond acceptors (Lipinski definition) is 8. The molecule has 1 aliphatic heterocycles. The summed E-state index contributed by atoms with van der Waals surface area (Å²) in [4.78, 5) is 23.4. The highest BCUT2D eigenvalue weighted by molar-refractivity contribution is 5.74. The van der Waals surface area contributed by atoms with Crippen molar-refractivity contribution >= 4 is 11.9 Å². The molecule has 9 nitrogen and oxygen atoms in total. The second kappa shape index (κ2) is 10.5. The van der Waals surface area contributed by atoms with Crippen molar-refractivity contribution in [3.63, 3.8) is 0 Å². The summed E-state index contributed by atoms with van der Waals surface area (Å²) in [5.41, 5.74) is 0.875. The van der Waals surface area contributed by atoms with E-state index in [9.17, 15) is 19.8 Å². The van der Waals surface area contributed by atoms with Gasteiger partial charge in [-0.3, -0.25) is 4.79 Å². The zero-order valence-electron chi connectivity index (χ0n) is 16.1. The van der Waals surface area contributed by atoms with Crippen LogP contribution in [-0.4, -0.2) is 72.6 Å². The molecule has 0 saturated carbocycles. The lowest BCUT2D eigenvalue weighted by Gasteiger charge is -2.44. The van der Waals surface area contributed by atoms with E-state index in [4.69, 9.17) is 14.2 Å². The van der Waals surface area contributed by atoms with Gasteiger partial charge < -0.3 is 34.5 Å². The summed E-state index contributed by atoms with van der Waals surface area (Å²) in [5.74, 6) is -1.03. The number of carbonyl (C=O) groups excluding carboxylic acids is 2. The summed E-state index contributed by atoms with van der Waals surface area (Å²) >= 11 is 0. The Morgan fingerprint density at radius 1 is 1.29 bits per heavy atom. The maximum atomic E-state index is 11.7. The maximum absolute atomic E-state index is 11.7. The average molecular weight is 397 g/mol.